The minimum Gasteiger partial charge on any atom is -0.426 e. The Bertz CT molecular complexity index is 274. The molecule has 1 rings (SSSR count). The third-order valence-electron chi connectivity index (χ3n) is 1.35. The topological polar surface area (TPSA) is 26.3 Å². The number of halogens is 2. The van der Waals surface area contributed by atoms with Crippen molar-refractivity contribution in [3.05, 3.63) is 30.3 Å². The third-order valence-corrected chi connectivity index (χ3v) is 3.57. The van der Waals surface area contributed by atoms with Gasteiger partial charge in [0.05, 0.1) is 0 Å². The van der Waals surface area contributed by atoms with E-state index in [2.05, 4.69) is 31.9 Å². The zero-order chi connectivity index (χ0) is 9.68. The summed E-state index contributed by atoms with van der Waals surface area (Å²) in [4.78, 5) is 10.9. The van der Waals surface area contributed by atoms with Gasteiger partial charge in [-0.25, -0.2) is 0 Å². The van der Waals surface area contributed by atoms with Crippen LogP contribution in [0.3, 0.4) is 0 Å². The number of esters is 1. The summed E-state index contributed by atoms with van der Waals surface area (Å²) in [7, 11) is 0. The highest BCUT2D eigenvalue weighted by molar-refractivity contribution is 9.12. The fraction of sp³-hybridized carbons (Fsp3) is 0.222. The number of hydrogen-bond donors (Lipinski definition) is 0. The SMILES string of the molecule is O=C(Oc1ccccc1)C(Br)CBr. The predicted octanol–water partition coefficient (Wildman–Crippen LogP) is 2.75. The monoisotopic (exact) mass is 306 g/mol. The molecule has 1 aromatic carbocycles. The second kappa shape index (κ2) is 5.40. The Kier molecular flexibility index (Phi) is 4.45. The summed E-state index contributed by atoms with van der Waals surface area (Å²) in [6, 6.07) is 8.99. The van der Waals surface area contributed by atoms with Crippen LogP contribution >= 0.6 is 31.9 Å². The number of alkyl halides is 2. The summed E-state index contributed by atoms with van der Waals surface area (Å²) in [5.74, 6) is 0.279. The predicted molar refractivity (Wildman–Crippen MR) is 58.6 cm³/mol. The summed E-state index contributed by atoms with van der Waals surface area (Å²) in [6.45, 7) is 0. The van der Waals surface area contributed by atoms with Crippen molar-refractivity contribution < 1.29 is 9.53 Å². The Morgan fingerprint density at radius 3 is 2.54 bits per heavy atom. The number of benzene rings is 1. The molecule has 2 nitrogen and oxygen atoms in total. The first-order valence-electron chi connectivity index (χ1n) is 3.71. The van der Waals surface area contributed by atoms with Gasteiger partial charge in [0.1, 0.15) is 10.6 Å². The highest BCUT2D eigenvalue weighted by Gasteiger charge is 2.14. The molecule has 0 saturated carbocycles. The zero-order valence-corrected chi connectivity index (χ0v) is 9.92. The standard InChI is InChI=1S/C9H8Br2O2/c10-6-8(11)9(12)13-7-4-2-1-3-5-7/h1-5,8H,6H2. The van der Waals surface area contributed by atoms with Crippen LogP contribution in [0.5, 0.6) is 5.75 Å². The second-order valence-electron chi connectivity index (χ2n) is 2.36. The van der Waals surface area contributed by atoms with Crippen LogP contribution in [0.15, 0.2) is 30.3 Å². The van der Waals surface area contributed by atoms with E-state index in [4.69, 9.17) is 4.74 Å². The first-order chi connectivity index (χ1) is 6.24. The molecule has 1 atom stereocenters. The molecule has 70 valence electrons. The van der Waals surface area contributed by atoms with E-state index in [1.54, 1.807) is 12.1 Å². The summed E-state index contributed by atoms with van der Waals surface area (Å²) >= 11 is 6.36. The molecule has 0 aliphatic heterocycles. The molecule has 0 heterocycles. The minimum atomic E-state index is -0.298. The number of carbonyl (C=O) groups is 1. The number of para-hydroxylation sites is 1. The van der Waals surface area contributed by atoms with Gasteiger partial charge in [0.2, 0.25) is 0 Å². The van der Waals surface area contributed by atoms with Crippen molar-refractivity contribution in [1.82, 2.24) is 0 Å². The maximum Gasteiger partial charge on any atom is 0.325 e. The molecule has 0 N–H and O–H groups in total. The summed E-state index contributed by atoms with van der Waals surface area (Å²) in [5, 5.41) is 0.540. The van der Waals surface area contributed by atoms with E-state index in [1.807, 2.05) is 18.2 Å². The number of carbonyl (C=O) groups excluding carboxylic acids is 1. The first kappa shape index (κ1) is 10.7. The summed E-state index contributed by atoms with van der Waals surface area (Å²) < 4.78 is 5.05. The highest BCUT2D eigenvalue weighted by Crippen LogP contribution is 2.12. The lowest BCUT2D eigenvalue weighted by atomic mass is 10.3. The Labute approximate surface area is 93.5 Å². The average molecular weight is 308 g/mol. The van der Waals surface area contributed by atoms with Gasteiger partial charge in [-0.2, -0.15) is 0 Å². The van der Waals surface area contributed by atoms with Gasteiger partial charge in [0.25, 0.3) is 0 Å². The zero-order valence-electron chi connectivity index (χ0n) is 6.74. The van der Waals surface area contributed by atoms with Crippen molar-refractivity contribution >= 4 is 37.8 Å². The lowest BCUT2D eigenvalue weighted by Crippen LogP contribution is -2.21. The van der Waals surface area contributed by atoms with Gasteiger partial charge in [-0.05, 0) is 12.1 Å². The highest BCUT2D eigenvalue weighted by atomic mass is 79.9. The molecule has 1 aromatic rings. The molecule has 0 radical (unpaired) electrons. The van der Waals surface area contributed by atoms with E-state index in [9.17, 15) is 4.79 Å². The van der Waals surface area contributed by atoms with Crippen molar-refractivity contribution in [3.63, 3.8) is 0 Å². The molecule has 0 amide bonds. The van der Waals surface area contributed by atoms with Gasteiger partial charge < -0.3 is 4.74 Å². The number of ether oxygens (including phenoxy) is 1. The van der Waals surface area contributed by atoms with E-state index in [1.165, 1.54) is 0 Å². The van der Waals surface area contributed by atoms with Crippen LogP contribution in [0.25, 0.3) is 0 Å². The fourth-order valence-corrected chi connectivity index (χ4v) is 1.09. The van der Waals surface area contributed by atoms with Crippen molar-refractivity contribution in [3.8, 4) is 5.75 Å². The minimum absolute atomic E-state index is 0.289. The molecule has 0 aromatic heterocycles. The molecular formula is C9H8Br2O2. The molecule has 1 unspecified atom stereocenters. The molecule has 13 heavy (non-hydrogen) atoms. The average Bonchev–Trinajstić information content (AvgIpc) is 2.18. The van der Waals surface area contributed by atoms with Crippen LogP contribution in [0.1, 0.15) is 0 Å². The van der Waals surface area contributed by atoms with Gasteiger partial charge in [-0.1, -0.05) is 50.1 Å². The van der Waals surface area contributed by atoms with Gasteiger partial charge in [0, 0.05) is 5.33 Å². The molecule has 0 saturated heterocycles. The van der Waals surface area contributed by atoms with Crippen molar-refractivity contribution in [2.24, 2.45) is 0 Å². The lowest BCUT2D eigenvalue weighted by molar-refractivity contribution is -0.133. The molecule has 0 spiro atoms. The van der Waals surface area contributed by atoms with Crippen molar-refractivity contribution in [2.45, 2.75) is 4.83 Å². The van der Waals surface area contributed by atoms with Crippen LogP contribution in [0.4, 0.5) is 0 Å². The van der Waals surface area contributed by atoms with Crippen LogP contribution in [-0.4, -0.2) is 16.1 Å². The second-order valence-corrected chi connectivity index (χ2v) is 4.11. The Morgan fingerprint density at radius 2 is 2.00 bits per heavy atom. The Hall–Kier alpha value is -0.350. The van der Waals surface area contributed by atoms with E-state index < -0.39 is 0 Å². The van der Waals surface area contributed by atoms with E-state index in [0.717, 1.165) is 0 Å². The summed E-state index contributed by atoms with van der Waals surface area (Å²) in [6.07, 6.45) is 0. The van der Waals surface area contributed by atoms with Crippen molar-refractivity contribution in [2.75, 3.05) is 5.33 Å². The van der Waals surface area contributed by atoms with Crippen molar-refractivity contribution in [1.29, 1.82) is 0 Å². The molecular weight excluding hydrogens is 300 g/mol. The maximum atomic E-state index is 11.2. The van der Waals surface area contributed by atoms with Gasteiger partial charge in [0.15, 0.2) is 0 Å². The first-order valence-corrected chi connectivity index (χ1v) is 5.74. The Morgan fingerprint density at radius 1 is 1.38 bits per heavy atom. The van der Waals surface area contributed by atoms with Gasteiger partial charge >= 0.3 is 5.97 Å². The summed E-state index contributed by atoms with van der Waals surface area (Å²) in [5.41, 5.74) is 0. The maximum absolute atomic E-state index is 11.2. The molecule has 0 bridgehead atoms. The number of rotatable bonds is 3. The lowest BCUT2D eigenvalue weighted by Gasteiger charge is -2.06. The fourth-order valence-electron chi connectivity index (χ4n) is 0.732. The van der Waals surface area contributed by atoms with Crippen LogP contribution in [0.2, 0.25) is 0 Å². The largest absolute Gasteiger partial charge is 0.426 e. The van der Waals surface area contributed by atoms with Crippen LogP contribution in [-0.2, 0) is 4.79 Å². The molecule has 0 fully saturated rings. The van der Waals surface area contributed by atoms with E-state index in [-0.39, 0.29) is 10.8 Å². The van der Waals surface area contributed by atoms with Crippen LogP contribution in [0, 0.1) is 0 Å². The van der Waals surface area contributed by atoms with Crippen LogP contribution < -0.4 is 4.74 Å². The molecule has 4 heteroatoms. The van der Waals surface area contributed by atoms with E-state index in [0.29, 0.717) is 11.1 Å². The number of hydrogen-bond acceptors (Lipinski definition) is 2. The molecule has 0 aliphatic rings. The molecule has 0 aliphatic carbocycles. The smallest absolute Gasteiger partial charge is 0.325 e. The van der Waals surface area contributed by atoms with Gasteiger partial charge in [-0.3, -0.25) is 4.79 Å². The quantitative estimate of drug-likeness (QED) is 0.487. The Balaban J connectivity index is 2.55. The normalized spacial score (nSPS) is 12.2. The van der Waals surface area contributed by atoms with Gasteiger partial charge in [-0.15, -0.1) is 0 Å². The third kappa shape index (κ3) is 3.48. The van der Waals surface area contributed by atoms with E-state index >= 15 is 0 Å².